The first kappa shape index (κ1) is 19.3. The Morgan fingerprint density at radius 1 is 1.08 bits per heavy atom. The molecule has 134 valence electrons. The zero-order valence-corrected chi connectivity index (χ0v) is 14.5. The quantitative estimate of drug-likeness (QED) is 0.861. The maximum absolute atomic E-state index is 14.4. The van der Waals surface area contributed by atoms with Gasteiger partial charge in [-0.25, -0.2) is 8.78 Å². The predicted octanol–water partition coefficient (Wildman–Crippen LogP) is 3.91. The van der Waals surface area contributed by atoms with E-state index in [9.17, 15) is 13.6 Å². The van der Waals surface area contributed by atoms with Gasteiger partial charge >= 0.3 is 0 Å². The summed E-state index contributed by atoms with van der Waals surface area (Å²) >= 11 is 0. The second kappa shape index (κ2) is 8.41. The summed E-state index contributed by atoms with van der Waals surface area (Å²) in [4.78, 5) is 12.3. The molecule has 1 fully saturated rings. The van der Waals surface area contributed by atoms with Crippen molar-refractivity contribution >= 4 is 18.3 Å². The molecule has 0 radical (unpaired) electrons. The average molecular weight is 367 g/mol. The molecule has 6 heteroatoms. The minimum Gasteiger partial charge on any atom is -0.349 e. The number of amides is 1. The summed E-state index contributed by atoms with van der Waals surface area (Å²) in [6.45, 7) is 0.525. The van der Waals surface area contributed by atoms with Crippen LogP contribution in [0.15, 0.2) is 42.5 Å². The van der Waals surface area contributed by atoms with E-state index >= 15 is 0 Å². The third-order valence-electron chi connectivity index (χ3n) is 4.67. The van der Waals surface area contributed by atoms with Gasteiger partial charge in [0.05, 0.1) is 5.56 Å². The number of rotatable bonds is 4. The van der Waals surface area contributed by atoms with Gasteiger partial charge in [-0.2, -0.15) is 0 Å². The number of carbonyl (C=O) groups excluding carboxylic acids is 1. The van der Waals surface area contributed by atoms with Crippen molar-refractivity contribution < 1.29 is 13.6 Å². The molecule has 0 saturated heterocycles. The summed E-state index contributed by atoms with van der Waals surface area (Å²) in [7, 11) is 0. The van der Waals surface area contributed by atoms with E-state index in [-0.39, 0.29) is 35.7 Å². The third-order valence-corrected chi connectivity index (χ3v) is 4.67. The Balaban J connectivity index is 0.00000225. The van der Waals surface area contributed by atoms with Crippen molar-refractivity contribution in [2.24, 2.45) is 11.7 Å². The van der Waals surface area contributed by atoms with Gasteiger partial charge in [0.15, 0.2) is 0 Å². The molecule has 1 saturated carbocycles. The van der Waals surface area contributed by atoms with Gasteiger partial charge in [0.25, 0.3) is 5.91 Å². The average Bonchev–Trinajstić information content (AvgIpc) is 3.02. The van der Waals surface area contributed by atoms with Crippen LogP contribution in [0.5, 0.6) is 0 Å². The molecule has 3 N–H and O–H groups in total. The van der Waals surface area contributed by atoms with Crippen molar-refractivity contribution in [2.75, 3.05) is 6.54 Å². The molecule has 25 heavy (non-hydrogen) atoms. The second-order valence-electron chi connectivity index (χ2n) is 6.21. The fourth-order valence-corrected chi connectivity index (χ4v) is 3.28. The van der Waals surface area contributed by atoms with Crippen LogP contribution in [0.25, 0.3) is 11.1 Å². The zero-order chi connectivity index (χ0) is 17.1. The highest BCUT2D eigenvalue weighted by Gasteiger charge is 2.28. The summed E-state index contributed by atoms with van der Waals surface area (Å²) in [5.41, 5.74) is 7.03. The Kier molecular flexibility index (Phi) is 6.51. The Labute approximate surface area is 152 Å². The fourth-order valence-electron chi connectivity index (χ4n) is 3.28. The molecule has 1 aliphatic carbocycles. The molecule has 3 nitrogen and oxygen atoms in total. The van der Waals surface area contributed by atoms with Crippen LogP contribution in [0.3, 0.4) is 0 Å². The van der Waals surface area contributed by atoms with Crippen molar-refractivity contribution in [3.63, 3.8) is 0 Å². The van der Waals surface area contributed by atoms with E-state index in [2.05, 4.69) is 5.32 Å². The molecule has 1 amide bonds. The molecule has 0 aromatic heterocycles. The molecule has 2 aromatic rings. The molecule has 0 bridgehead atoms. The normalized spacial score (nSPS) is 19.3. The Hall–Kier alpha value is -1.98. The number of halogens is 3. The lowest BCUT2D eigenvalue weighted by Gasteiger charge is -2.19. The maximum Gasteiger partial charge on any atom is 0.254 e. The highest BCUT2D eigenvalue weighted by atomic mass is 35.5. The first-order valence-corrected chi connectivity index (χ1v) is 8.15. The molecule has 1 aliphatic rings. The topological polar surface area (TPSA) is 55.1 Å². The molecule has 0 heterocycles. The largest absolute Gasteiger partial charge is 0.349 e. The van der Waals surface area contributed by atoms with Gasteiger partial charge in [0, 0.05) is 6.04 Å². The fraction of sp³-hybridized carbons (Fsp3) is 0.316. The second-order valence-corrected chi connectivity index (χ2v) is 6.21. The number of nitrogens with one attached hydrogen (secondary N) is 1. The van der Waals surface area contributed by atoms with Crippen molar-refractivity contribution in [3.05, 3.63) is 59.7 Å². The van der Waals surface area contributed by atoms with Gasteiger partial charge in [-0.15, -0.1) is 12.4 Å². The third kappa shape index (κ3) is 4.35. The van der Waals surface area contributed by atoms with Crippen LogP contribution in [0.2, 0.25) is 0 Å². The van der Waals surface area contributed by atoms with Gasteiger partial charge in [-0.1, -0.05) is 24.6 Å². The minimum atomic E-state index is -0.586. The number of benzene rings is 2. The lowest BCUT2D eigenvalue weighted by molar-refractivity contribution is 0.0924. The SMILES string of the molecule is Cl.NCC1CCCC1NC(=O)c1ccc(-c2ccc(F)cc2)cc1F. The summed E-state index contributed by atoms with van der Waals surface area (Å²) in [5.74, 6) is -1.09. The summed E-state index contributed by atoms with van der Waals surface area (Å²) < 4.78 is 27.3. The van der Waals surface area contributed by atoms with Gasteiger partial charge in [0.2, 0.25) is 0 Å². The van der Waals surface area contributed by atoms with E-state index in [1.807, 2.05) is 0 Å². The minimum absolute atomic E-state index is 0. The maximum atomic E-state index is 14.4. The molecule has 2 aromatic carbocycles. The summed E-state index contributed by atoms with van der Waals surface area (Å²) in [6.07, 6.45) is 2.90. The van der Waals surface area contributed by atoms with Crippen LogP contribution in [-0.4, -0.2) is 18.5 Å². The van der Waals surface area contributed by atoms with Gasteiger partial charge in [0.1, 0.15) is 11.6 Å². The van der Waals surface area contributed by atoms with Crippen LogP contribution in [0.1, 0.15) is 29.6 Å². The number of hydrogen-bond acceptors (Lipinski definition) is 2. The molecule has 0 aliphatic heterocycles. The van der Waals surface area contributed by atoms with Gasteiger partial charge in [-0.05, 0) is 60.7 Å². The van der Waals surface area contributed by atoms with Crippen molar-refractivity contribution in [3.8, 4) is 11.1 Å². The van der Waals surface area contributed by atoms with Crippen LogP contribution in [-0.2, 0) is 0 Å². The first-order chi connectivity index (χ1) is 11.6. The van der Waals surface area contributed by atoms with Crippen molar-refractivity contribution in [1.82, 2.24) is 5.32 Å². The van der Waals surface area contributed by atoms with E-state index in [4.69, 9.17) is 5.73 Å². The highest BCUT2D eigenvalue weighted by Crippen LogP contribution is 2.26. The Morgan fingerprint density at radius 3 is 2.40 bits per heavy atom. The van der Waals surface area contributed by atoms with Crippen molar-refractivity contribution in [1.29, 1.82) is 0 Å². The molecular weight excluding hydrogens is 346 g/mol. The standard InChI is InChI=1S/C19H20F2N2O.ClH/c20-15-7-4-12(5-8-15)13-6-9-16(17(21)10-13)19(24)23-18-3-1-2-14(18)11-22;/h4-10,14,18H,1-3,11,22H2,(H,23,24);1H. The number of nitrogens with two attached hydrogens (primary N) is 1. The molecule has 2 unspecified atom stereocenters. The lowest BCUT2D eigenvalue weighted by atomic mass is 10.0. The van der Waals surface area contributed by atoms with Crippen LogP contribution >= 0.6 is 12.4 Å². The number of hydrogen-bond donors (Lipinski definition) is 2. The van der Waals surface area contributed by atoms with Crippen LogP contribution in [0, 0.1) is 17.6 Å². The lowest BCUT2D eigenvalue weighted by Crippen LogP contribution is -2.40. The first-order valence-electron chi connectivity index (χ1n) is 8.15. The molecule has 0 spiro atoms. The molecule has 2 atom stereocenters. The highest BCUT2D eigenvalue weighted by molar-refractivity contribution is 5.95. The monoisotopic (exact) mass is 366 g/mol. The molecular formula is C19H21ClF2N2O. The number of carbonyl (C=O) groups is 1. The summed E-state index contributed by atoms with van der Waals surface area (Å²) in [6, 6.07) is 10.2. The predicted molar refractivity (Wildman–Crippen MR) is 96.7 cm³/mol. The Morgan fingerprint density at radius 2 is 1.76 bits per heavy atom. The Bertz CT molecular complexity index is 737. The van der Waals surface area contributed by atoms with E-state index in [0.717, 1.165) is 19.3 Å². The molecule has 3 rings (SSSR count). The van der Waals surface area contributed by atoms with Crippen molar-refractivity contribution in [2.45, 2.75) is 25.3 Å². The van der Waals surface area contributed by atoms with E-state index in [1.165, 1.54) is 24.3 Å². The smallest absolute Gasteiger partial charge is 0.254 e. The van der Waals surface area contributed by atoms with Gasteiger partial charge < -0.3 is 11.1 Å². The zero-order valence-electron chi connectivity index (χ0n) is 13.7. The van der Waals surface area contributed by atoms with Gasteiger partial charge in [-0.3, -0.25) is 4.79 Å². The summed E-state index contributed by atoms with van der Waals surface area (Å²) in [5, 5.41) is 2.90. The van der Waals surface area contributed by atoms with Crippen LogP contribution in [0.4, 0.5) is 8.78 Å². The van der Waals surface area contributed by atoms with Crippen LogP contribution < -0.4 is 11.1 Å². The van der Waals surface area contributed by atoms with E-state index < -0.39 is 11.7 Å². The van der Waals surface area contributed by atoms with E-state index in [0.29, 0.717) is 17.7 Å². The van der Waals surface area contributed by atoms with E-state index in [1.54, 1.807) is 18.2 Å².